The predicted octanol–water partition coefficient (Wildman–Crippen LogP) is 3.08. The first-order valence-corrected chi connectivity index (χ1v) is 7.73. The number of hydrogen-bond acceptors (Lipinski definition) is 4. The standard InChI is InChI=1S/C18H19N3O/c1-13-6-7-17-15(12-13)20-18(21-10-8-19-9-11-21)14-4-2-3-5-16(14)22-17/h2-7,12,19H,8-11H2,1H3. The van der Waals surface area contributed by atoms with E-state index in [1.165, 1.54) is 5.56 Å². The third-order valence-corrected chi connectivity index (χ3v) is 4.11. The van der Waals surface area contributed by atoms with Crippen molar-refractivity contribution in [3.63, 3.8) is 0 Å². The average molecular weight is 293 g/mol. The van der Waals surface area contributed by atoms with E-state index in [0.29, 0.717) is 0 Å². The Balaban J connectivity index is 1.88. The maximum atomic E-state index is 6.12. The smallest absolute Gasteiger partial charge is 0.153 e. The van der Waals surface area contributed by atoms with E-state index in [1.54, 1.807) is 0 Å². The van der Waals surface area contributed by atoms with Crippen LogP contribution in [-0.4, -0.2) is 36.9 Å². The second-order valence-corrected chi connectivity index (χ2v) is 5.74. The number of aryl methyl sites for hydroxylation is 1. The number of ether oxygens (including phenoxy) is 1. The molecule has 2 heterocycles. The normalized spacial score (nSPS) is 17.0. The highest BCUT2D eigenvalue weighted by Gasteiger charge is 2.23. The second kappa shape index (κ2) is 5.46. The number of aliphatic imine (C=N–C) groups is 1. The van der Waals surface area contributed by atoms with Gasteiger partial charge in [-0.3, -0.25) is 0 Å². The number of amidine groups is 1. The molecule has 2 aliphatic rings. The largest absolute Gasteiger partial charge is 0.454 e. The van der Waals surface area contributed by atoms with Crippen molar-refractivity contribution in [1.82, 2.24) is 10.2 Å². The van der Waals surface area contributed by atoms with Gasteiger partial charge in [0.1, 0.15) is 17.3 Å². The summed E-state index contributed by atoms with van der Waals surface area (Å²) in [6.07, 6.45) is 0. The Kier molecular flexibility index (Phi) is 3.31. The lowest BCUT2D eigenvalue weighted by Crippen LogP contribution is -2.46. The van der Waals surface area contributed by atoms with Gasteiger partial charge in [0.15, 0.2) is 5.75 Å². The van der Waals surface area contributed by atoms with E-state index >= 15 is 0 Å². The molecular weight excluding hydrogens is 274 g/mol. The number of hydrogen-bond donors (Lipinski definition) is 1. The van der Waals surface area contributed by atoms with Crippen molar-refractivity contribution in [3.05, 3.63) is 53.6 Å². The third-order valence-electron chi connectivity index (χ3n) is 4.11. The number of nitrogens with one attached hydrogen (secondary N) is 1. The highest BCUT2D eigenvalue weighted by molar-refractivity contribution is 6.03. The molecule has 4 rings (SSSR count). The molecule has 4 heteroatoms. The third kappa shape index (κ3) is 2.35. The summed E-state index contributed by atoms with van der Waals surface area (Å²) in [5.41, 5.74) is 3.17. The quantitative estimate of drug-likeness (QED) is 0.811. The molecule has 0 amide bonds. The molecule has 2 aliphatic heterocycles. The van der Waals surface area contributed by atoms with Gasteiger partial charge in [-0.05, 0) is 36.8 Å². The minimum Gasteiger partial charge on any atom is -0.454 e. The zero-order valence-electron chi connectivity index (χ0n) is 12.7. The summed E-state index contributed by atoms with van der Waals surface area (Å²) in [5.74, 6) is 2.71. The molecule has 0 aromatic heterocycles. The molecule has 0 unspecified atom stereocenters. The lowest BCUT2D eigenvalue weighted by Gasteiger charge is -2.30. The van der Waals surface area contributed by atoms with Gasteiger partial charge in [-0.25, -0.2) is 4.99 Å². The number of fused-ring (bicyclic) bond motifs is 2. The highest BCUT2D eigenvalue weighted by Crippen LogP contribution is 2.38. The van der Waals surface area contributed by atoms with Crippen LogP contribution in [0.4, 0.5) is 5.69 Å². The summed E-state index contributed by atoms with van der Waals surface area (Å²) < 4.78 is 6.12. The van der Waals surface area contributed by atoms with Gasteiger partial charge in [-0.2, -0.15) is 0 Å². The predicted molar refractivity (Wildman–Crippen MR) is 88.3 cm³/mol. The molecule has 112 valence electrons. The van der Waals surface area contributed by atoms with Gasteiger partial charge in [0.25, 0.3) is 0 Å². The first-order valence-electron chi connectivity index (χ1n) is 7.73. The van der Waals surface area contributed by atoms with Gasteiger partial charge >= 0.3 is 0 Å². The van der Waals surface area contributed by atoms with E-state index in [-0.39, 0.29) is 0 Å². The maximum absolute atomic E-state index is 6.12. The molecule has 0 spiro atoms. The van der Waals surface area contributed by atoms with Crippen LogP contribution in [0.5, 0.6) is 11.5 Å². The number of piperazine rings is 1. The Hall–Kier alpha value is -2.33. The molecule has 0 atom stereocenters. The Morgan fingerprint density at radius 1 is 1.05 bits per heavy atom. The van der Waals surface area contributed by atoms with Crippen molar-refractivity contribution in [1.29, 1.82) is 0 Å². The molecule has 2 aromatic rings. The van der Waals surface area contributed by atoms with E-state index < -0.39 is 0 Å². The van der Waals surface area contributed by atoms with Crippen molar-refractivity contribution in [2.75, 3.05) is 26.2 Å². The molecule has 0 bridgehead atoms. The summed E-state index contributed by atoms with van der Waals surface area (Å²) in [7, 11) is 0. The Morgan fingerprint density at radius 2 is 1.86 bits per heavy atom. The highest BCUT2D eigenvalue weighted by atomic mass is 16.5. The van der Waals surface area contributed by atoms with Gasteiger partial charge in [0, 0.05) is 26.2 Å². The lowest BCUT2D eigenvalue weighted by molar-refractivity contribution is 0.357. The number of benzene rings is 2. The van der Waals surface area contributed by atoms with E-state index in [2.05, 4.69) is 35.3 Å². The summed E-state index contributed by atoms with van der Waals surface area (Å²) in [5, 5.41) is 3.39. The van der Waals surface area contributed by atoms with Gasteiger partial charge in [0.05, 0.1) is 5.56 Å². The van der Waals surface area contributed by atoms with Crippen LogP contribution >= 0.6 is 0 Å². The number of nitrogens with zero attached hydrogens (tertiary/aromatic N) is 2. The van der Waals surface area contributed by atoms with Gasteiger partial charge in [-0.1, -0.05) is 18.2 Å². The molecule has 1 fully saturated rings. The van der Waals surface area contributed by atoms with Crippen LogP contribution < -0.4 is 10.1 Å². The molecule has 0 aliphatic carbocycles. The van der Waals surface area contributed by atoms with Gasteiger partial charge in [0.2, 0.25) is 0 Å². The second-order valence-electron chi connectivity index (χ2n) is 5.74. The van der Waals surface area contributed by atoms with Crippen LogP contribution in [0.25, 0.3) is 0 Å². The Morgan fingerprint density at radius 3 is 2.73 bits per heavy atom. The first-order chi connectivity index (χ1) is 10.8. The minimum atomic E-state index is 0.822. The van der Waals surface area contributed by atoms with Crippen LogP contribution in [0, 0.1) is 6.92 Å². The molecule has 2 aromatic carbocycles. The Labute approximate surface area is 130 Å². The first kappa shape index (κ1) is 13.3. The van der Waals surface area contributed by atoms with Crippen molar-refractivity contribution in [2.45, 2.75) is 6.92 Å². The fourth-order valence-corrected chi connectivity index (χ4v) is 2.95. The van der Waals surface area contributed by atoms with Crippen molar-refractivity contribution < 1.29 is 4.74 Å². The molecule has 0 saturated carbocycles. The van der Waals surface area contributed by atoms with Crippen molar-refractivity contribution >= 4 is 11.5 Å². The molecule has 1 saturated heterocycles. The van der Waals surface area contributed by atoms with Crippen LogP contribution in [-0.2, 0) is 0 Å². The van der Waals surface area contributed by atoms with Crippen LogP contribution in [0.15, 0.2) is 47.5 Å². The monoisotopic (exact) mass is 293 g/mol. The van der Waals surface area contributed by atoms with E-state index in [4.69, 9.17) is 9.73 Å². The topological polar surface area (TPSA) is 36.9 Å². The van der Waals surface area contributed by atoms with Crippen LogP contribution in [0.3, 0.4) is 0 Å². The maximum Gasteiger partial charge on any atom is 0.153 e. The molecule has 22 heavy (non-hydrogen) atoms. The summed E-state index contributed by atoms with van der Waals surface area (Å²) in [4.78, 5) is 7.30. The molecule has 0 radical (unpaired) electrons. The van der Waals surface area contributed by atoms with Crippen LogP contribution in [0.1, 0.15) is 11.1 Å². The van der Waals surface area contributed by atoms with Crippen molar-refractivity contribution in [3.8, 4) is 11.5 Å². The zero-order valence-corrected chi connectivity index (χ0v) is 12.7. The molecule has 1 N–H and O–H groups in total. The van der Waals surface area contributed by atoms with Crippen molar-refractivity contribution in [2.24, 2.45) is 4.99 Å². The van der Waals surface area contributed by atoms with E-state index in [9.17, 15) is 0 Å². The average Bonchev–Trinajstić information content (AvgIpc) is 2.72. The molecular formula is C18H19N3O. The van der Waals surface area contributed by atoms with Crippen LogP contribution in [0.2, 0.25) is 0 Å². The number of rotatable bonds is 0. The molecule has 4 nitrogen and oxygen atoms in total. The van der Waals surface area contributed by atoms with E-state index in [1.807, 2.05) is 24.3 Å². The Bertz CT molecular complexity index is 733. The summed E-state index contributed by atoms with van der Waals surface area (Å²) >= 11 is 0. The minimum absolute atomic E-state index is 0.822. The zero-order chi connectivity index (χ0) is 14.9. The van der Waals surface area contributed by atoms with E-state index in [0.717, 1.165) is 54.8 Å². The van der Waals surface area contributed by atoms with Gasteiger partial charge < -0.3 is 15.0 Å². The lowest BCUT2D eigenvalue weighted by atomic mass is 10.1. The fraction of sp³-hybridized carbons (Fsp3) is 0.278. The van der Waals surface area contributed by atoms with Gasteiger partial charge in [-0.15, -0.1) is 0 Å². The summed E-state index contributed by atoms with van der Waals surface area (Å²) in [6.45, 7) is 5.99. The number of para-hydroxylation sites is 1. The summed E-state index contributed by atoms with van der Waals surface area (Å²) in [6, 6.07) is 14.3. The SMILES string of the molecule is Cc1ccc2c(c1)N=C(N1CCNCC1)c1ccccc1O2. The fourth-order valence-electron chi connectivity index (χ4n) is 2.95.